The normalized spacial score (nSPS) is 20.0. The lowest BCUT2D eigenvalue weighted by molar-refractivity contribution is 0.121. The Labute approximate surface area is 127 Å². The molecule has 0 amide bonds. The van der Waals surface area contributed by atoms with Gasteiger partial charge < -0.3 is 10.1 Å². The summed E-state index contributed by atoms with van der Waals surface area (Å²) < 4.78 is 6.48. The largest absolute Gasteiger partial charge is 0.489 e. The van der Waals surface area contributed by atoms with E-state index >= 15 is 0 Å². The first kappa shape index (κ1) is 14.4. The van der Waals surface area contributed by atoms with Gasteiger partial charge in [-0.1, -0.05) is 50.2 Å². The summed E-state index contributed by atoms with van der Waals surface area (Å²) in [6.45, 7) is 6.77. The van der Waals surface area contributed by atoms with Gasteiger partial charge in [-0.2, -0.15) is 0 Å². The molecule has 0 aliphatic carbocycles. The molecule has 0 radical (unpaired) electrons. The highest BCUT2D eigenvalue weighted by Crippen LogP contribution is 2.30. The van der Waals surface area contributed by atoms with E-state index in [0.29, 0.717) is 17.9 Å². The topological polar surface area (TPSA) is 21.3 Å². The number of fused-ring (bicyclic) bond motifs is 1. The van der Waals surface area contributed by atoms with Gasteiger partial charge in [-0.05, 0) is 36.8 Å². The minimum Gasteiger partial charge on any atom is -0.489 e. The van der Waals surface area contributed by atoms with Crippen LogP contribution in [0, 0.1) is 11.8 Å². The van der Waals surface area contributed by atoms with E-state index < -0.39 is 0 Å². The van der Waals surface area contributed by atoms with Gasteiger partial charge in [-0.15, -0.1) is 0 Å². The van der Waals surface area contributed by atoms with E-state index in [9.17, 15) is 0 Å². The third-order valence-electron chi connectivity index (χ3n) is 4.36. The van der Waals surface area contributed by atoms with Crippen LogP contribution in [-0.4, -0.2) is 19.2 Å². The molecule has 112 valence electrons. The second kappa shape index (κ2) is 6.48. The number of hydrogen-bond acceptors (Lipinski definition) is 2. The average molecular weight is 283 g/mol. The van der Waals surface area contributed by atoms with E-state index in [1.165, 1.54) is 17.2 Å². The van der Waals surface area contributed by atoms with Crippen LogP contribution in [-0.2, 0) is 0 Å². The summed E-state index contributed by atoms with van der Waals surface area (Å²) in [5.41, 5.74) is 0. The van der Waals surface area contributed by atoms with E-state index in [1.54, 1.807) is 0 Å². The maximum Gasteiger partial charge on any atom is 0.127 e. The second-order valence-corrected chi connectivity index (χ2v) is 6.52. The number of benzene rings is 2. The lowest BCUT2D eigenvalue weighted by Crippen LogP contribution is -2.30. The van der Waals surface area contributed by atoms with Gasteiger partial charge in [0.1, 0.15) is 11.9 Å². The number of ether oxygens (including phenoxy) is 1. The molecule has 0 spiro atoms. The summed E-state index contributed by atoms with van der Waals surface area (Å²) in [6, 6.07) is 14.8. The van der Waals surface area contributed by atoms with Crippen molar-refractivity contribution in [3.05, 3.63) is 42.5 Å². The summed E-state index contributed by atoms with van der Waals surface area (Å²) in [7, 11) is 0. The molecule has 2 heteroatoms. The summed E-state index contributed by atoms with van der Waals surface area (Å²) in [4.78, 5) is 0. The van der Waals surface area contributed by atoms with Crippen LogP contribution in [0.15, 0.2) is 42.5 Å². The number of nitrogens with one attached hydrogen (secondary N) is 1. The fourth-order valence-electron chi connectivity index (χ4n) is 3.26. The van der Waals surface area contributed by atoms with Gasteiger partial charge in [-0.25, -0.2) is 0 Å². The zero-order chi connectivity index (χ0) is 14.7. The maximum atomic E-state index is 6.48. The fourth-order valence-corrected chi connectivity index (χ4v) is 3.26. The predicted molar refractivity (Wildman–Crippen MR) is 88.8 cm³/mol. The lowest BCUT2D eigenvalue weighted by Gasteiger charge is -2.26. The summed E-state index contributed by atoms with van der Waals surface area (Å²) in [5, 5.41) is 5.94. The monoisotopic (exact) mass is 283 g/mol. The first-order valence-electron chi connectivity index (χ1n) is 8.09. The highest BCUT2D eigenvalue weighted by atomic mass is 16.5. The van der Waals surface area contributed by atoms with E-state index in [4.69, 9.17) is 4.74 Å². The van der Waals surface area contributed by atoms with Crippen molar-refractivity contribution in [3.63, 3.8) is 0 Å². The molecule has 1 aliphatic rings. The number of hydrogen-bond donors (Lipinski definition) is 1. The highest BCUT2D eigenvalue weighted by molar-refractivity contribution is 5.88. The molecule has 1 aliphatic heterocycles. The molecule has 0 saturated carbocycles. The van der Waals surface area contributed by atoms with Crippen molar-refractivity contribution in [1.82, 2.24) is 5.32 Å². The Kier molecular flexibility index (Phi) is 4.45. The van der Waals surface area contributed by atoms with Crippen molar-refractivity contribution < 1.29 is 4.74 Å². The molecule has 2 atom stereocenters. The van der Waals surface area contributed by atoms with E-state index in [1.807, 2.05) is 0 Å². The van der Waals surface area contributed by atoms with Gasteiger partial charge in [-0.3, -0.25) is 0 Å². The van der Waals surface area contributed by atoms with Crippen molar-refractivity contribution >= 4 is 10.8 Å². The molecular weight excluding hydrogens is 258 g/mol. The molecule has 2 aromatic rings. The molecule has 2 nitrogen and oxygen atoms in total. The standard InChI is InChI=1S/C19H25NO/c1-14(2)12-19(16-10-11-20-13-16)21-18-9-5-7-15-6-3-4-8-17(15)18/h3-9,14,16,19-20H,10-13H2,1-2H3/t16?,19-/m0/s1. The van der Waals surface area contributed by atoms with Crippen LogP contribution >= 0.6 is 0 Å². The summed E-state index contributed by atoms with van der Waals surface area (Å²) >= 11 is 0. The Morgan fingerprint density at radius 3 is 2.71 bits per heavy atom. The maximum absolute atomic E-state index is 6.48. The third-order valence-corrected chi connectivity index (χ3v) is 4.36. The van der Waals surface area contributed by atoms with Gasteiger partial charge in [0, 0.05) is 17.8 Å². The second-order valence-electron chi connectivity index (χ2n) is 6.52. The minimum atomic E-state index is 0.311. The Morgan fingerprint density at radius 1 is 1.14 bits per heavy atom. The molecule has 3 rings (SSSR count). The van der Waals surface area contributed by atoms with Crippen molar-refractivity contribution in [2.75, 3.05) is 13.1 Å². The zero-order valence-electron chi connectivity index (χ0n) is 13.0. The van der Waals surface area contributed by atoms with E-state index in [-0.39, 0.29) is 0 Å². The molecule has 21 heavy (non-hydrogen) atoms. The summed E-state index contributed by atoms with van der Waals surface area (Å²) in [5.74, 6) is 2.32. The van der Waals surface area contributed by atoms with Crippen molar-refractivity contribution in [1.29, 1.82) is 0 Å². The van der Waals surface area contributed by atoms with Gasteiger partial charge in [0.15, 0.2) is 0 Å². The molecule has 1 heterocycles. The molecule has 1 N–H and O–H groups in total. The SMILES string of the molecule is CC(C)C[C@H](Oc1cccc2ccccc12)C1CCNC1. The Hall–Kier alpha value is -1.54. The Morgan fingerprint density at radius 2 is 1.95 bits per heavy atom. The molecule has 1 fully saturated rings. The molecule has 0 aromatic heterocycles. The van der Waals surface area contributed by atoms with Crippen molar-refractivity contribution in [3.8, 4) is 5.75 Å². The van der Waals surface area contributed by atoms with E-state index in [2.05, 4.69) is 61.6 Å². The van der Waals surface area contributed by atoms with Gasteiger partial charge in [0.2, 0.25) is 0 Å². The molecule has 2 aromatic carbocycles. The van der Waals surface area contributed by atoms with E-state index in [0.717, 1.165) is 25.3 Å². The Bertz CT molecular complexity index is 582. The molecule has 1 saturated heterocycles. The van der Waals surface area contributed by atoms with Crippen LogP contribution in [0.2, 0.25) is 0 Å². The van der Waals surface area contributed by atoms with Crippen LogP contribution < -0.4 is 10.1 Å². The van der Waals surface area contributed by atoms with Crippen molar-refractivity contribution in [2.45, 2.75) is 32.8 Å². The van der Waals surface area contributed by atoms with Crippen LogP contribution in [0.3, 0.4) is 0 Å². The average Bonchev–Trinajstić information content (AvgIpc) is 3.01. The minimum absolute atomic E-state index is 0.311. The predicted octanol–water partition coefficient (Wildman–Crippen LogP) is 4.24. The van der Waals surface area contributed by atoms with Gasteiger partial charge in [0.25, 0.3) is 0 Å². The third kappa shape index (κ3) is 3.38. The quantitative estimate of drug-likeness (QED) is 0.886. The molecule has 1 unspecified atom stereocenters. The van der Waals surface area contributed by atoms with Crippen LogP contribution in [0.1, 0.15) is 26.7 Å². The summed E-state index contributed by atoms with van der Waals surface area (Å²) in [6.07, 6.45) is 2.66. The lowest BCUT2D eigenvalue weighted by atomic mass is 9.93. The zero-order valence-corrected chi connectivity index (χ0v) is 13.0. The van der Waals surface area contributed by atoms with Crippen LogP contribution in [0.5, 0.6) is 5.75 Å². The Balaban J connectivity index is 1.86. The molecular formula is C19H25NO. The molecule has 0 bridgehead atoms. The van der Waals surface area contributed by atoms with Crippen molar-refractivity contribution in [2.24, 2.45) is 11.8 Å². The van der Waals surface area contributed by atoms with Crippen LogP contribution in [0.4, 0.5) is 0 Å². The first-order chi connectivity index (χ1) is 10.2. The van der Waals surface area contributed by atoms with Gasteiger partial charge in [0.05, 0.1) is 0 Å². The van der Waals surface area contributed by atoms with Crippen LogP contribution in [0.25, 0.3) is 10.8 Å². The highest BCUT2D eigenvalue weighted by Gasteiger charge is 2.27. The number of rotatable bonds is 5. The first-order valence-corrected chi connectivity index (χ1v) is 8.09. The fraction of sp³-hybridized carbons (Fsp3) is 0.474. The van der Waals surface area contributed by atoms with Gasteiger partial charge >= 0.3 is 0 Å². The smallest absolute Gasteiger partial charge is 0.127 e.